The van der Waals surface area contributed by atoms with Gasteiger partial charge in [0.15, 0.2) is 5.75 Å². The van der Waals surface area contributed by atoms with Gasteiger partial charge in [-0.05, 0) is 40.8 Å². The van der Waals surface area contributed by atoms with Gasteiger partial charge in [0.05, 0.1) is 0 Å². The number of hydrogen-bond acceptors (Lipinski definition) is 4. The second-order valence-corrected chi connectivity index (χ2v) is 7.19. The van der Waals surface area contributed by atoms with Crippen molar-refractivity contribution in [3.63, 3.8) is 0 Å². The highest BCUT2D eigenvalue weighted by Gasteiger charge is 2.12. The zero-order valence-corrected chi connectivity index (χ0v) is 15.2. The summed E-state index contributed by atoms with van der Waals surface area (Å²) in [4.78, 5) is 16.4. The Morgan fingerprint density at radius 2 is 1.77 bits per heavy atom. The first-order valence-corrected chi connectivity index (χ1v) is 8.49. The van der Waals surface area contributed by atoms with Crippen LogP contribution in [0.3, 0.4) is 0 Å². The smallest absolute Gasteiger partial charge is 0.336 e. The van der Waals surface area contributed by atoms with Crippen molar-refractivity contribution >= 4 is 28.8 Å². The van der Waals surface area contributed by atoms with Crippen LogP contribution in [0.5, 0.6) is 5.75 Å². The van der Waals surface area contributed by atoms with Crippen molar-refractivity contribution in [2.75, 3.05) is 5.73 Å². The third-order valence-corrected chi connectivity index (χ3v) is 4.10. The average molecular weight is 346 g/mol. The summed E-state index contributed by atoms with van der Waals surface area (Å²) in [7, 11) is 0. The summed E-state index contributed by atoms with van der Waals surface area (Å²) in [5.41, 5.74) is 8.60. The van der Waals surface area contributed by atoms with Crippen LogP contribution < -0.4 is 10.5 Å². The molecule has 0 fully saturated rings. The van der Waals surface area contributed by atoms with Crippen LogP contribution in [-0.2, 0) is 10.2 Å². The lowest BCUT2D eigenvalue weighted by Crippen LogP contribution is -2.10. The van der Waals surface area contributed by atoms with Gasteiger partial charge in [0.25, 0.3) is 0 Å². The van der Waals surface area contributed by atoms with Gasteiger partial charge in [-0.2, -0.15) is 0 Å². The maximum atomic E-state index is 12.2. The van der Waals surface area contributed by atoms with Crippen molar-refractivity contribution in [1.29, 1.82) is 0 Å². The summed E-state index contributed by atoms with van der Waals surface area (Å²) < 4.78 is 5.44. The molecule has 0 aliphatic heterocycles. The Morgan fingerprint density at radius 1 is 1.04 bits per heavy atom. The highest BCUT2D eigenvalue weighted by Crippen LogP contribution is 2.25. The van der Waals surface area contributed by atoms with Crippen LogP contribution in [-0.4, -0.2) is 11.0 Å². The van der Waals surface area contributed by atoms with Gasteiger partial charge in [-0.3, -0.25) is 0 Å². The van der Waals surface area contributed by atoms with E-state index in [1.807, 2.05) is 30.3 Å². The molecule has 0 aliphatic carbocycles. The van der Waals surface area contributed by atoms with E-state index in [9.17, 15) is 4.79 Å². The molecule has 26 heavy (non-hydrogen) atoms. The van der Waals surface area contributed by atoms with E-state index in [1.165, 1.54) is 11.6 Å². The van der Waals surface area contributed by atoms with Crippen molar-refractivity contribution in [2.24, 2.45) is 0 Å². The number of nitrogens with zero attached hydrogens (tertiary/aromatic N) is 1. The zero-order chi connectivity index (χ0) is 18.7. The van der Waals surface area contributed by atoms with Crippen LogP contribution in [0.15, 0.2) is 60.7 Å². The van der Waals surface area contributed by atoms with Crippen LogP contribution in [0.4, 0.5) is 5.82 Å². The fourth-order valence-corrected chi connectivity index (χ4v) is 2.62. The first-order chi connectivity index (χ1) is 12.3. The molecule has 0 saturated heterocycles. The molecule has 0 unspecified atom stereocenters. The van der Waals surface area contributed by atoms with Crippen LogP contribution in [0.1, 0.15) is 31.9 Å². The Bertz CT molecular complexity index is 968. The van der Waals surface area contributed by atoms with Crippen molar-refractivity contribution < 1.29 is 9.53 Å². The SMILES string of the molecule is CC(C)(C)c1ccc(C=CC(=O)Oc2cccc3ccc(N)nc23)cc1. The van der Waals surface area contributed by atoms with E-state index in [0.29, 0.717) is 17.1 Å². The van der Waals surface area contributed by atoms with E-state index >= 15 is 0 Å². The molecule has 0 aliphatic rings. The third kappa shape index (κ3) is 4.09. The highest BCUT2D eigenvalue weighted by atomic mass is 16.5. The molecular weight excluding hydrogens is 324 g/mol. The number of nitrogens with two attached hydrogens (primary N) is 1. The number of esters is 1. The van der Waals surface area contributed by atoms with Gasteiger partial charge in [-0.1, -0.05) is 57.2 Å². The molecule has 0 saturated carbocycles. The zero-order valence-electron chi connectivity index (χ0n) is 15.2. The Hall–Kier alpha value is -3.14. The number of benzene rings is 2. The number of ether oxygens (including phenoxy) is 1. The van der Waals surface area contributed by atoms with Crippen LogP contribution in [0.2, 0.25) is 0 Å². The van der Waals surface area contributed by atoms with Crippen molar-refractivity contribution in [3.05, 3.63) is 71.8 Å². The lowest BCUT2D eigenvalue weighted by atomic mass is 9.87. The average Bonchev–Trinajstić information content (AvgIpc) is 2.60. The summed E-state index contributed by atoms with van der Waals surface area (Å²) in [5, 5.41) is 0.867. The van der Waals surface area contributed by atoms with Crippen LogP contribution >= 0.6 is 0 Å². The number of para-hydroxylation sites is 1. The number of fused-ring (bicyclic) bond motifs is 1. The quantitative estimate of drug-likeness (QED) is 0.423. The standard InChI is InChI=1S/C22H22N2O2/c1-22(2,3)17-11-7-15(8-12-17)9-14-20(25)26-18-6-4-5-16-10-13-19(23)24-21(16)18/h4-14H,1-3H3,(H2,23,24). The van der Waals surface area contributed by atoms with Gasteiger partial charge in [-0.25, -0.2) is 9.78 Å². The Balaban J connectivity index is 1.75. The Labute approximate surface area is 153 Å². The monoisotopic (exact) mass is 346 g/mol. The molecule has 3 rings (SSSR count). The highest BCUT2D eigenvalue weighted by molar-refractivity contribution is 5.93. The summed E-state index contributed by atoms with van der Waals surface area (Å²) in [6.07, 6.45) is 3.15. The van der Waals surface area contributed by atoms with Gasteiger partial charge in [-0.15, -0.1) is 0 Å². The lowest BCUT2D eigenvalue weighted by Gasteiger charge is -2.18. The molecule has 0 spiro atoms. The molecule has 2 aromatic carbocycles. The van der Waals surface area contributed by atoms with Gasteiger partial charge in [0.2, 0.25) is 0 Å². The number of nitrogen functional groups attached to an aromatic ring is 1. The molecule has 132 valence electrons. The molecule has 0 atom stereocenters. The van der Waals surface area contributed by atoms with E-state index in [4.69, 9.17) is 10.5 Å². The number of carbonyl (C=O) groups is 1. The number of anilines is 1. The maximum absolute atomic E-state index is 12.2. The summed E-state index contributed by atoms with van der Waals surface area (Å²) in [6.45, 7) is 6.50. The second kappa shape index (κ2) is 7.00. The molecule has 4 heteroatoms. The minimum atomic E-state index is -0.457. The first kappa shape index (κ1) is 17.7. The van der Waals surface area contributed by atoms with E-state index < -0.39 is 5.97 Å². The van der Waals surface area contributed by atoms with Gasteiger partial charge in [0, 0.05) is 11.5 Å². The van der Waals surface area contributed by atoms with E-state index in [2.05, 4.69) is 37.9 Å². The summed E-state index contributed by atoms with van der Waals surface area (Å²) >= 11 is 0. The van der Waals surface area contributed by atoms with Gasteiger partial charge >= 0.3 is 5.97 Å². The fraction of sp³-hybridized carbons (Fsp3) is 0.182. The molecule has 1 aromatic heterocycles. The van der Waals surface area contributed by atoms with Crippen molar-refractivity contribution in [1.82, 2.24) is 4.98 Å². The third-order valence-electron chi connectivity index (χ3n) is 4.10. The van der Waals surface area contributed by atoms with Crippen LogP contribution in [0.25, 0.3) is 17.0 Å². The van der Waals surface area contributed by atoms with Crippen molar-refractivity contribution in [2.45, 2.75) is 26.2 Å². The molecule has 0 bridgehead atoms. The normalized spacial score (nSPS) is 11.8. The van der Waals surface area contributed by atoms with E-state index in [-0.39, 0.29) is 5.41 Å². The number of aromatic nitrogens is 1. The number of pyridine rings is 1. The Morgan fingerprint density at radius 3 is 2.46 bits per heavy atom. The first-order valence-electron chi connectivity index (χ1n) is 8.49. The maximum Gasteiger partial charge on any atom is 0.336 e. The van der Waals surface area contributed by atoms with Gasteiger partial charge < -0.3 is 10.5 Å². The predicted octanol–water partition coefficient (Wildman–Crippen LogP) is 4.73. The summed E-state index contributed by atoms with van der Waals surface area (Å²) in [6, 6.07) is 17.1. The molecular formula is C22H22N2O2. The molecule has 2 N–H and O–H groups in total. The second-order valence-electron chi connectivity index (χ2n) is 7.19. The molecule has 3 aromatic rings. The molecule has 0 radical (unpaired) electrons. The summed E-state index contributed by atoms with van der Waals surface area (Å²) in [5.74, 6) is 0.324. The molecule has 4 nitrogen and oxygen atoms in total. The number of hydrogen-bond donors (Lipinski definition) is 1. The Kier molecular flexibility index (Phi) is 4.76. The largest absolute Gasteiger partial charge is 0.421 e. The van der Waals surface area contributed by atoms with E-state index in [1.54, 1.807) is 18.2 Å². The van der Waals surface area contributed by atoms with Crippen molar-refractivity contribution in [3.8, 4) is 5.75 Å². The molecule has 0 amide bonds. The fourth-order valence-electron chi connectivity index (χ4n) is 2.62. The van der Waals surface area contributed by atoms with Crippen LogP contribution in [0, 0.1) is 0 Å². The topological polar surface area (TPSA) is 65.2 Å². The van der Waals surface area contributed by atoms with E-state index in [0.717, 1.165) is 10.9 Å². The minimum Gasteiger partial charge on any atom is -0.421 e. The predicted molar refractivity (Wildman–Crippen MR) is 106 cm³/mol. The number of rotatable bonds is 3. The lowest BCUT2D eigenvalue weighted by molar-refractivity contribution is -0.128. The number of carbonyl (C=O) groups excluding carboxylic acids is 1. The molecule has 1 heterocycles. The van der Waals surface area contributed by atoms with Gasteiger partial charge in [0.1, 0.15) is 11.3 Å². The minimum absolute atomic E-state index is 0.102.